The number of piperidine rings is 1. The van der Waals surface area contributed by atoms with E-state index in [1.807, 2.05) is 33.7 Å². The largest absolute Gasteiger partial charge is 0.384 e. The third kappa shape index (κ3) is 3.08. The molecule has 0 saturated carbocycles. The molecule has 0 aliphatic carbocycles. The molecule has 112 valence electrons. The van der Waals surface area contributed by atoms with Gasteiger partial charge in [0.15, 0.2) is 0 Å². The zero-order valence-corrected chi connectivity index (χ0v) is 12.4. The van der Waals surface area contributed by atoms with Crippen LogP contribution in [-0.2, 0) is 16.1 Å². The summed E-state index contributed by atoms with van der Waals surface area (Å²) in [5, 5.41) is 0. The van der Waals surface area contributed by atoms with E-state index in [4.69, 9.17) is 4.74 Å². The zero-order valence-electron chi connectivity index (χ0n) is 12.4. The molecule has 21 heavy (non-hydrogen) atoms. The molecule has 0 N–H and O–H groups in total. The van der Waals surface area contributed by atoms with Crippen molar-refractivity contribution in [2.45, 2.75) is 19.4 Å². The number of aromatic nitrogens is 2. The lowest BCUT2D eigenvalue weighted by atomic mass is 9.99. The van der Waals surface area contributed by atoms with E-state index < -0.39 is 0 Å². The van der Waals surface area contributed by atoms with Gasteiger partial charge in [-0.15, -0.1) is 0 Å². The lowest BCUT2D eigenvalue weighted by molar-refractivity contribution is -0.134. The van der Waals surface area contributed by atoms with Crippen molar-refractivity contribution >= 4 is 16.9 Å². The van der Waals surface area contributed by atoms with Gasteiger partial charge in [0.05, 0.1) is 24.0 Å². The summed E-state index contributed by atoms with van der Waals surface area (Å²) in [6.45, 7) is 2.75. The maximum Gasteiger partial charge on any atom is 0.242 e. The molecule has 1 amide bonds. The van der Waals surface area contributed by atoms with Crippen LogP contribution in [0.5, 0.6) is 0 Å². The van der Waals surface area contributed by atoms with Gasteiger partial charge in [-0.1, -0.05) is 12.1 Å². The van der Waals surface area contributed by atoms with Gasteiger partial charge < -0.3 is 14.2 Å². The van der Waals surface area contributed by atoms with Crippen LogP contribution >= 0.6 is 0 Å². The second-order valence-corrected chi connectivity index (χ2v) is 5.66. The molecule has 3 rings (SSSR count). The Bertz CT molecular complexity index is 621. The summed E-state index contributed by atoms with van der Waals surface area (Å²) < 4.78 is 7.15. The van der Waals surface area contributed by atoms with Crippen molar-refractivity contribution in [1.29, 1.82) is 0 Å². The number of rotatable bonds is 4. The average molecular weight is 287 g/mol. The molecule has 0 radical (unpaired) electrons. The van der Waals surface area contributed by atoms with Gasteiger partial charge in [0, 0.05) is 20.2 Å². The number of imidazole rings is 1. The van der Waals surface area contributed by atoms with Crippen LogP contribution in [0.25, 0.3) is 11.0 Å². The number of likely N-dealkylation sites (tertiary alicyclic amines) is 1. The molecule has 1 aliphatic heterocycles. The highest BCUT2D eigenvalue weighted by atomic mass is 16.5. The topological polar surface area (TPSA) is 47.4 Å². The molecule has 1 fully saturated rings. The van der Waals surface area contributed by atoms with Gasteiger partial charge in [-0.25, -0.2) is 4.98 Å². The van der Waals surface area contributed by atoms with Crippen molar-refractivity contribution in [2.75, 3.05) is 26.8 Å². The Morgan fingerprint density at radius 2 is 2.29 bits per heavy atom. The summed E-state index contributed by atoms with van der Waals surface area (Å²) in [5.41, 5.74) is 1.94. The number of hydrogen-bond acceptors (Lipinski definition) is 3. The molecule has 1 aromatic carbocycles. The minimum atomic E-state index is 0.166. The summed E-state index contributed by atoms with van der Waals surface area (Å²) >= 11 is 0. The number of nitrogens with zero attached hydrogens (tertiary/aromatic N) is 3. The number of methoxy groups -OCH3 is 1. The summed E-state index contributed by atoms with van der Waals surface area (Å²) in [6, 6.07) is 7.90. The minimum absolute atomic E-state index is 0.166. The Kier molecular flexibility index (Phi) is 4.20. The van der Waals surface area contributed by atoms with Gasteiger partial charge in [-0.2, -0.15) is 0 Å². The number of carbonyl (C=O) groups is 1. The fourth-order valence-electron chi connectivity index (χ4n) is 3.05. The first-order valence-electron chi connectivity index (χ1n) is 7.44. The molecule has 1 unspecified atom stereocenters. The Balaban J connectivity index is 1.68. The summed E-state index contributed by atoms with van der Waals surface area (Å²) in [4.78, 5) is 18.8. The third-order valence-corrected chi connectivity index (χ3v) is 4.11. The summed E-state index contributed by atoms with van der Waals surface area (Å²) in [5.74, 6) is 0.631. The predicted octanol–water partition coefficient (Wildman–Crippen LogP) is 1.92. The van der Waals surface area contributed by atoms with E-state index in [0.29, 0.717) is 12.5 Å². The van der Waals surface area contributed by atoms with Crippen LogP contribution in [0.3, 0.4) is 0 Å². The highest BCUT2D eigenvalue weighted by Crippen LogP contribution is 2.18. The molecule has 1 aliphatic rings. The van der Waals surface area contributed by atoms with Crippen LogP contribution in [0.2, 0.25) is 0 Å². The van der Waals surface area contributed by atoms with Crippen molar-refractivity contribution in [3.05, 3.63) is 30.6 Å². The third-order valence-electron chi connectivity index (χ3n) is 4.11. The molecule has 0 bridgehead atoms. The van der Waals surface area contributed by atoms with Crippen LogP contribution in [0.15, 0.2) is 30.6 Å². The molecule has 1 saturated heterocycles. The Morgan fingerprint density at radius 1 is 1.43 bits per heavy atom. The fraction of sp³-hybridized carbons (Fsp3) is 0.500. The number of ether oxygens (including phenoxy) is 1. The number of para-hydroxylation sites is 2. The smallest absolute Gasteiger partial charge is 0.242 e. The quantitative estimate of drug-likeness (QED) is 0.863. The van der Waals surface area contributed by atoms with E-state index in [-0.39, 0.29) is 5.91 Å². The molecule has 0 spiro atoms. The molecule has 2 heterocycles. The highest BCUT2D eigenvalue weighted by Gasteiger charge is 2.23. The maximum atomic E-state index is 12.5. The molecule has 1 atom stereocenters. The molecular formula is C16H21N3O2. The van der Waals surface area contributed by atoms with E-state index in [9.17, 15) is 4.79 Å². The van der Waals surface area contributed by atoms with Gasteiger partial charge in [-0.3, -0.25) is 4.79 Å². The number of hydrogen-bond donors (Lipinski definition) is 0. The second kappa shape index (κ2) is 6.26. The first kappa shape index (κ1) is 14.1. The van der Waals surface area contributed by atoms with E-state index in [2.05, 4.69) is 4.98 Å². The molecule has 2 aromatic rings. The summed E-state index contributed by atoms with van der Waals surface area (Å²) in [7, 11) is 1.72. The van der Waals surface area contributed by atoms with E-state index >= 15 is 0 Å². The lowest BCUT2D eigenvalue weighted by Gasteiger charge is -2.32. The first-order valence-corrected chi connectivity index (χ1v) is 7.44. The second-order valence-electron chi connectivity index (χ2n) is 5.66. The van der Waals surface area contributed by atoms with Crippen molar-refractivity contribution < 1.29 is 9.53 Å². The maximum absolute atomic E-state index is 12.5. The standard InChI is InChI=1S/C16H21N3O2/c1-21-11-13-5-4-8-18(9-13)16(20)10-19-12-17-14-6-2-3-7-15(14)19/h2-3,6-7,12-13H,4-5,8-11H2,1H3. The number of carbonyl (C=O) groups excluding carboxylic acids is 1. The van der Waals surface area contributed by atoms with E-state index in [1.54, 1.807) is 13.4 Å². The van der Waals surface area contributed by atoms with Gasteiger partial charge >= 0.3 is 0 Å². The van der Waals surface area contributed by atoms with Crippen LogP contribution in [-0.4, -0.2) is 47.2 Å². The predicted molar refractivity (Wildman–Crippen MR) is 80.9 cm³/mol. The molecule has 5 nitrogen and oxygen atoms in total. The van der Waals surface area contributed by atoms with Crippen molar-refractivity contribution in [3.63, 3.8) is 0 Å². The van der Waals surface area contributed by atoms with Crippen molar-refractivity contribution in [2.24, 2.45) is 5.92 Å². The SMILES string of the molecule is COCC1CCCN(C(=O)Cn2cnc3ccccc32)C1. The zero-order chi connectivity index (χ0) is 14.7. The average Bonchev–Trinajstić information content (AvgIpc) is 2.91. The van der Waals surface area contributed by atoms with Crippen molar-refractivity contribution in [3.8, 4) is 0 Å². The molecule has 5 heteroatoms. The normalized spacial score (nSPS) is 19.1. The minimum Gasteiger partial charge on any atom is -0.384 e. The Morgan fingerprint density at radius 3 is 3.14 bits per heavy atom. The van der Waals surface area contributed by atoms with Gasteiger partial charge in [-0.05, 0) is 30.9 Å². The van der Waals surface area contributed by atoms with Gasteiger partial charge in [0.1, 0.15) is 6.54 Å². The van der Waals surface area contributed by atoms with Crippen LogP contribution in [0.4, 0.5) is 0 Å². The molecule has 1 aromatic heterocycles. The van der Waals surface area contributed by atoms with E-state index in [1.165, 1.54) is 0 Å². The van der Waals surface area contributed by atoms with Crippen LogP contribution in [0.1, 0.15) is 12.8 Å². The van der Waals surface area contributed by atoms with Gasteiger partial charge in [0.25, 0.3) is 0 Å². The van der Waals surface area contributed by atoms with E-state index in [0.717, 1.165) is 43.6 Å². The van der Waals surface area contributed by atoms with Gasteiger partial charge in [0.2, 0.25) is 5.91 Å². The monoisotopic (exact) mass is 287 g/mol. The fourth-order valence-corrected chi connectivity index (χ4v) is 3.05. The molecular weight excluding hydrogens is 266 g/mol. The number of benzene rings is 1. The Labute approximate surface area is 124 Å². The number of fused-ring (bicyclic) bond motifs is 1. The Hall–Kier alpha value is -1.88. The first-order chi connectivity index (χ1) is 10.3. The van der Waals surface area contributed by atoms with Crippen LogP contribution in [0, 0.1) is 5.92 Å². The lowest BCUT2D eigenvalue weighted by Crippen LogP contribution is -2.42. The van der Waals surface area contributed by atoms with Crippen LogP contribution < -0.4 is 0 Å². The number of amides is 1. The highest BCUT2D eigenvalue weighted by molar-refractivity contribution is 5.80. The van der Waals surface area contributed by atoms with Crippen molar-refractivity contribution in [1.82, 2.24) is 14.5 Å². The summed E-state index contributed by atoms with van der Waals surface area (Å²) in [6.07, 6.45) is 3.95.